The molecule has 120 valence electrons. The maximum Gasteiger partial charge on any atom is 0.137 e. The number of hydrogen-bond acceptors (Lipinski definition) is 2. The Labute approximate surface area is 142 Å². The zero-order valence-corrected chi connectivity index (χ0v) is 15.0. The second kappa shape index (κ2) is 9.78. The van der Waals surface area contributed by atoms with Gasteiger partial charge in [0.05, 0.1) is 4.47 Å². The van der Waals surface area contributed by atoms with Crippen LogP contribution in [-0.4, -0.2) is 31.1 Å². The highest BCUT2D eigenvalue weighted by atomic mass is 79.9. The molecule has 2 rings (SSSR count). The van der Waals surface area contributed by atoms with E-state index in [2.05, 4.69) is 39.1 Å². The molecule has 1 fully saturated rings. The third kappa shape index (κ3) is 5.20. The molecule has 0 unspecified atom stereocenters. The van der Waals surface area contributed by atoms with Gasteiger partial charge in [-0.2, -0.15) is 0 Å². The Morgan fingerprint density at radius 3 is 2.67 bits per heavy atom. The summed E-state index contributed by atoms with van der Waals surface area (Å²) >= 11 is 3.44. The van der Waals surface area contributed by atoms with Crippen molar-refractivity contribution in [2.24, 2.45) is 0 Å². The Bertz CT molecular complexity index is 425. The first-order valence-electron chi connectivity index (χ1n) is 7.62. The first-order valence-corrected chi connectivity index (χ1v) is 8.42. The van der Waals surface area contributed by atoms with Gasteiger partial charge in [-0.05, 0) is 34.0 Å². The quantitative estimate of drug-likeness (QED) is 0.730. The number of nitrogens with one attached hydrogen (secondary N) is 1. The highest BCUT2D eigenvalue weighted by Gasteiger charge is 2.24. The topological polar surface area (TPSA) is 15.3 Å². The first kappa shape index (κ1) is 18.9. The van der Waals surface area contributed by atoms with Gasteiger partial charge in [-0.1, -0.05) is 38.3 Å². The third-order valence-electron chi connectivity index (χ3n) is 4.01. The Balaban J connectivity index is 0.00000220. The van der Waals surface area contributed by atoms with Crippen molar-refractivity contribution in [1.29, 1.82) is 0 Å². The zero-order chi connectivity index (χ0) is 14.4. The lowest BCUT2D eigenvalue weighted by atomic mass is 9.98. The van der Waals surface area contributed by atoms with E-state index >= 15 is 0 Å². The molecule has 21 heavy (non-hydrogen) atoms. The summed E-state index contributed by atoms with van der Waals surface area (Å²) in [5, 5.41) is 3.39. The van der Waals surface area contributed by atoms with Crippen molar-refractivity contribution in [3.8, 4) is 0 Å². The molecule has 0 saturated carbocycles. The summed E-state index contributed by atoms with van der Waals surface area (Å²) < 4.78 is 14.5. The molecular formula is C16H25BrClFN2. The Kier molecular flexibility index (Phi) is 8.79. The molecule has 0 spiro atoms. The Morgan fingerprint density at radius 1 is 1.29 bits per heavy atom. The summed E-state index contributed by atoms with van der Waals surface area (Å²) in [7, 11) is 0. The lowest BCUT2D eigenvalue weighted by Crippen LogP contribution is -2.45. The van der Waals surface area contributed by atoms with E-state index in [0.29, 0.717) is 10.5 Å². The van der Waals surface area contributed by atoms with Gasteiger partial charge in [-0.15, -0.1) is 12.4 Å². The predicted octanol–water partition coefficient (Wildman–Crippen LogP) is 4.54. The molecule has 1 heterocycles. The molecule has 0 aliphatic carbocycles. The summed E-state index contributed by atoms with van der Waals surface area (Å²) in [6, 6.07) is 5.73. The number of hydrogen-bond donors (Lipinski definition) is 1. The second-order valence-electron chi connectivity index (χ2n) is 5.44. The van der Waals surface area contributed by atoms with Crippen LogP contribution in [0.4, 0.5) is 4.39 Å². The monoisotopic (exact) mass is 378 g/mol. The van der Waals surface area contributed by atoms with E-state index < -0.39 is 0 Å². The van der Waals surface area contributed by atoms with E-state index in [-0.39, 0.29) is 18.2 Å². The van der Waals surface area contributed by atoms with E-state index in [9.17, 15) is 4.39 Å². The molecule has 5 heteroatoms. The molecule has 1 aromatic carbocycles. The van der Waals surface area contributed by atoms with E-state index in [4.69, 9.17) is 0 Å². The van der Waals surface area contributed by atoms with E-state index in [0.717, 1.165) is 38.2 Å². The van der Waals surface area contributed by atoms with Crippen LogP contribution in [-0.2, 0) is 0 Å². The molecule has 2 nitrogen and oxygen atoms in total. The average Bonchev–Trinajstić information content (AvgIpc) is 2.48. The van der Waals surface area contributed by atoms with Gasteiger partial charge in [-0.25, -0.2) is 4.39 Å². The lowest BCUT2D eigenvalue weighted by molar-refractivity contribution is 0.162. The minimum absolute atomic E-state index is 0. The number of halogens is 3. The smallest absolute Gasteiger partial charge is 0.137 e. The normalized spacial score (nSPS) is 17.3. The highest BCUT2D eigenvalue weighted by molar-refractivity contribution is 9.10. The van der Waals surface area contributed by atoms with Gasteiger partial charge >= 0.3 is 0 Å². The van der Waals surface area contributed by atoms with Gasteiger partial charge in [0.1, 0.15) is 5.82 Å². The van der Waals surface area contributed by atoms with Crippen LogP contribution in [0.3, 0.4) is 0 Å². The molecule has 0 amide bonds. The van der Waals surface area contributed by atoms with Crippen molar-refractivity contribution in [2.45, 2.75) is 38.6 Å². The number of benzene rings is 1. The van der Waals surface area contributed by atoms with Crippen LogP contribution in [0.2, 0.25) is 0 Å². The van der Waals surface area contributed by atoms with E-state index in [1.54, 1.807) is 0 Å². The summed E-state index contributed by atoms with van der Waals surface area (Å²) in [6.07, 6.45) is 4.78. The van der Waals surface area contributed by atoms with Crippen molar-refractivity contribution in [3.63, 3.8) is 0 Å². The largest absolute Gasteiger partial charge is 0.314 e. The molecule has 1 saturated heterocycles. The van der Waals surface area contributed by atoms with Crippen molar-refractivity contribution in [2.75, 3.05) is 26.2 Å². The minimum Gasteiger partial charge on any atom is -0.314 e. The van der Waals surface area contributed by atoms with Gasteiger partial charge in [-0.3, -0.25) is 4.90 Å². The maximum atomic E-state index is 13.8. The standard InChI is InChI=1S/C16H24BrFN2.ClH/c1-2-3-4-8-15(20-11-9-19-10-12-20)13-6-5-7-14(18)16(13)17;/h5-7,15,19H,2-4,8-12H2,1H3;1H/t15-;/m0./s1. The van der Waals surface area contributed by atoms with Crippen LogP contribution in [0.25, 0.3) is 0 Å². The van der Waals surface area contributed by atoms with Crippen LogP contribution in [0, 0.1) is 5.82 Å². The van der Waals surface area contributed by atoms with Crippen LogP contribution in [0.5, 0.6) is 0 Å². The average molecular weight is 380 g/mol. The molecule has 1 aliphatic heterocycles. The van der Waals surface area contributed by atoms with Gasteiger partial charge in [0, 0.05) is 32.2 Å². The van der Waals surface area contributed by atoms with Crippen LogP contribution >= 0.6 is 28.3 Å². The first-order chi connectivity index (χ1) is 9.74. The maximum absolute atomic E-state index is 13.8. The third-order valence-corrected chi connectivity index (χ3v) is 4.85. The predicted molar refractivity (Wildman–Crippen MR) is 92.7 cm³/mol. The number of nitrogens with zero attached hydrogens (tertiary/aromatic N) is 1. The molecule has 1 atom stereocenters. The highest BCUT2D eigenvalue weighted by Crippen LogP contribution is 2.33. The fourth-order valence-corrected chi connectivity index (χ4v) is 3.42. The molecule has 1 aromatic rings. The Morgan fingerprint density at radius 2 is 2.00 bits per heavy atom. The molecule has 0 aromatic heterocycles. The molecule has 0 radical (unpaired) electrons. The van der Waals surface area contributed by atoms with Crippen LogP contribution in [0.1, 0.15) is 44.2 Å². The van der Waals surface area contributed by atoms with Gasteiger partial charge < -0.3 is 5.32 Å². The van der Waals surface area contributed by atoms with Gasteiger partial charge in [0.2, 0.25) is 0 Å². The summed E-state index contributed by atoms with van der Waals surface area (Å²) in [5.74, 6) is -0.155. The Hall–Kier alpha value is -0.160. The summed E-state index contributed by atoms with van der Waals surface area (Å²) in [5.41, 5.74) is 1.10. The zero-order valence-electron chi connectivity index (χ0n) is 12.6. The van der Waals surface area contributed by atoms with Crippen LogP contribution in [0.15, 0.2) is 22.7 Å². The SMILES string of the molecule is CCCCC[C@@H](c1cccc(F)c1Br)N1CCNCC1.Cl. The summed E-state index contributed by atoms with van der Waals surface area (Å²) in [4.78, 5) is 2.49. The fraction of sp³-hybridized carbons (Fsp3) is 0.625. The summed E-state index contributed by atoms with van der Waals surface area (Å²) in [6.45, 7) is 6.35. The van der Waals surface area contributed by atoms with Crippen LogP contribution < -0.4 is 5.32 Å². The van der Waals surface area contributed by atoms with E-state index in [1.165, 1.54) is 25.3 Å². The van der Waals surface area contributed by atoms with E-state index in [1.807, 2.05) is 6.07 Å². The molecule has 0 bridgehead atoms. The number of rotatable bonds is 6. The number of unbranched alkanes of at least 4 members (excludes halogenated alkanes) is 2. The van der Waals surface area contributed by atoms with Gasteiger partial charge in [0.25, 0.3) is 0 Å². The van der Waals surface area contributed by atoms with Crippen molar-refractivity contribution in [1.82, 2.24) is 10.2 Å². The fourth-order valence-electron chi connectivity index (χ4n) is 2.89. The minimum atomic E-state index is -0.155. The second-order valence-corrected chi connectivity index (χ2v) is 6.23. The van der Waals surface area contributed by atoms with Crippen molar-refractivity contribution < 1.29 is 4.39 Å². The molecule has 1 N–H and O–H groups in total. The van der Waals surface area contributed by atoms with Crippen molar-refractivity contribution >= 4 is 28.3 Å². The molecular weight excluding hydrogens is 355 g/mol. The lowest BCUT2D eigenvalue weighted by Gasteiger charge is -2.36. The van der Waals surface area contributed by atoms with Gasteiger partial charge in [0.15, 0.2) is 0 Å². The van der Waals surface area contributed by atoms with Crippen molar-refractivity contribution in [3.05, 3.63) is 34.1 Å². The molecule has 1 aliphatic rings. The number of piperazine rings is 1.